The molecular formula is C26H23N7. The van der Waals surface area contributed by atoms with Crippen molar-refractivity contribution >= 4 is 0 Å². The van der Waals surface area contributed by atoms with Gasteiger partial charge in [0.15, 0.2) is 11.6 Å². The second-order valence-electron chi connectivity index (χ2n) is 7.64. The Balaban J connectivity index is 1.43. The van der Waals surface area contributed by atoms with Gasteiger partial charge in [-0.1, -0.05) is 91.0 Å². The van der Waals surface area contributed by atoms with Crippen LogP contribution in [0, 0.1) is 0 Å². The lowest BCUT2D eigenvalue weighted by Crippen LogP contribution is -2.06. The Morgan fingerprint density at radius 1 is 0.848 bits per heavy atom. The maximum Gasteiger partial charge on any atom is 0.181 e. The molecule has 0 amide bonds. The fourth-order valence-corrected chi connectivity index (χ4v) is 3.76. The Morgan fingerprint density at radius 2 is 1.61 bits per heavy atom. The van der Waals surface area contributed by atoms with E-state index >= 15 is 0 Å². The quantitative estimate of drug-likeness (QED) is 0.367. The molecule has 0 aliphatic carbocycles. The minimum Gasteiger partial charge on any atom is -0.245 e. The van der Waals surface area contributed by atoms with E-state index in [1.807, 2.05) is 66.2 Å². The second kappa shape index (κ2) is 9.40. The number of aromatic nitrogens is 7. The summed E-state index contributed by atoms with van der Waals surface area (Å²) >= 11 is 0. The SMILES string of the molecule is CC=CCc1nc(-c2ccccc2)nn1Cc1ccc(-c2ccccc2-c2nnn[nH]2)cc1. The predicted octanol–water partition coefficient (Wildman–Crippen LogP) is 4.96. The van der Waals surface area contributed by atoms with Crippen molar-refractivity contribution in [1.82, 2.24) is 35.4 Å². The molecule has 5 aromatic rings. The number of nitrogens with one attached hydrogen (secondary N) is 1. The zero-order valence-electron chi connectivity index (χ0n) is 18.3. The van der Waals surface area contributed by atoms with Gasteiger partial charge in [-0.2, -0.15) is 5.10 Å². The van der Waals surface area contributed by atoms with Crippen LogP contribution in [0.1, 0.15) is 18.3 Å². The lowest BCUT2D eigenvalue weighted by molar-refractivity contribution is 0.651. The molecule has 2 heterocycles. The Kier molecular flexibility index (Phi) is 5.84. The summed E-state index contributed by atoms with van der Waals surface area (Å²) in [4.78, 5) is 4.80. The van der Waals surface area contributed by atoms with E-state index in [0.717, 1.165) is 45.9 Å². The zero-order valence-corrected chi connectivity index (χ0v) is 18.3. The highest BCUT2D eigenvalue weighted by molar-refractivity contribution is 5.80. The molecule has 2 aromatic heterocycles. The third-order valence-corrected chi connectivity index (χ3v) is 5.44. The second-order valence-corrected chi connectivity index (χ2v) is 7.64. The van der Waals surface area contributed by atoms with Gasteiger partial charge < -0.3 is 0 Å². The van der Waals surface area contributed by atoms with Crippen molar-refractivity contribution in [3.05, 3.63) is 102 Å². The van der Waals surface area contributed by atoms with Gasteiger partial charge in [0.2, 0.25) is 0 Å². The first kappa shape index (κ1) is 20.5. The minimum absolute atomic E-state index is 0.652. The average Bonchev–Trinajstić information content (AvgIpc) is 3.54. The van der Waals surface area contributed by atoms with E-state index in [1.54, 1.807) is 0 Å². The highest BCUT2D eigenvalue weighted by Gasteiger charge is 2.13. The summed E-state index contributed by atoms with van der Waals surface area (Å²) in [5.41, 5.74) is 5.32. The molecule has 7 nitrogen and oxygen atoms in total. The van der Waals surface area contributed by atoms with Crippen LogP contribution in [0.15, 0.2) is 91.0 Å². The normalized spacial score (nSPS) is 11.3. The Morgan fingerprint density at radius 3 is 2.33 bits per heavy atom. The molecule has 0 bridgehead atoms. The maximum atomic E-state index is 4.80. The van der Waals surface area contributed by atoms with E-state index in [-0.39, 0.29) is 0 Å². The molecule has 0 spiro atoms. The minimum atomic E-state index is 0.652. The van der Waals surface area contributed by atoms with E-state index in [9.17, 15) is 0 Å². The van der Waals surface area contributed by atoms with Crippen LogP contribution in [0.25, 0.3) is 33.9 Å². The van der Waals surface area contributed by atoms with Crippen LogP contribution in [0.5, 0.6) is 0 Å². The van der Waals surface area contributed by atoms with Gasteiger partial charge in [0.1, 0.15) is 5.82 Å². The van der Waals surface area contributed by atoms with E-state index in [4.69, 9.17) is 10.1 Å². The Labute approximate surface area is 191 Å². The van der Waals surface area contributed by atoms with Crippen LogP contribution >= 0.6 is 0 Å². The molecule has 0 saturated carbocycles. The van der Waals surface area contributed by atoms with Crippen molar-refractivity contribution < 1.29 is 0 Å². The molecular weight excluding hydrogens is 410 g/mol. The van der Waals surface area contributed by atoms with Crippen molar-refractivity contribution in [1.29, 1.82) is 0 Å². The summed E-state index contributed by atoms with van der Waals surface area (Å²) in [6.07, 6.45) is 4.89. The highest BCUT2D eigenvalue weighted by Crippen LogP contribution is 2.30. The van der Waals surface area contributed by atoms with Crippen LogP contribution < -0.4 is 0 Å². The molecule has 0 saturated heterocycles. The van der Waals surface area contributed by atoms with Gasteiger partial charge in [0, 0.05) is 17.5 Å². The first-order chi connectivity index (χ1) is 16.3. The summed E-state index contributed by atoms with van der Waals surface area (Å²) in [7, 11) is 0. The molecule has 5 rings (SSSR count). The number of benzene rings is 3. The zero-order chi connectivity index (χ0) is 22.5. The fraction of sp³-hybridized carbons (Fsp3) is 0.115. The molecule has 162 valence electrons. The van der Waals surface area contributed by atoms with Gasteiger partial charge in [-0.15, -0.1) is 5.10 Å². The Hall–Kier alpha value is -4.39. The molecule has 33 heavy (non-hydrogen) atoms. The number of tetrazole rings is 1. The lowest BCUT2D eigenvalue weighted by atomic mass is 9.98. The molecule has 0 fully saturated rings. The van der Waals surface area contributed by atoms with E-state index in [1.165, 1.54) is 0 Å². The van der Waals surface area contributed by atoms with Gasteiger partial charge in [-0.05, 0) is 34.0 Å². The van der Waals surface area contributed by atoms with Gasteiger partial charge in [-0.25, -0.2) is 14.8 Å². The number of hydrogen-bond acceptors (Lipinski definition) is 5. The van der Waals surface area contributed by atoms with E-state index in [2.05, 4.69) is 57.0 Å². The molecule has 0 atom stereocenters. The molecule has 0 aliphatic rings. The molecule has 3 aromatic carbocycles. The highest BCUT2D eigenvalue weighted by atomic mass is 15.5. The van der Waals surface area contributed by atoms with E-state index < -0.39 is 0 Å². The monoisotopic (exact) mass is 433 g/mol. The third kappa shape index (κ3) is 4.48. The van der Waals surface area contributed by atoms with E-state index in [0.29, 0.717) is 12.4 Å². The molecule has 0 aliphatic heterocycles. The summed E-state index contributed by atoms with van der Waals surface area (Å²) in [6, 6.07) is 26.7. The largest absolute Gasteiger partial charge is 0.245 e. The van der Waals surface area contributed by atoms with Gasteiger partial charge in [0.25, 0.3) is 0 Å². The maximum absolute atomic E-state index is 4.80. The van der Waals surface area contributed by atoms with Crippen LogP contribution in [-0.4, -0.2) is 35.4 Å². The summed E-state index contributed by atoms with van der Waals surface area (Å²) in [5.74, 6) is 2.35. The number of allylic oxidation sites excluding steroid dienone is 2. The number of H-pyrrole nitrogens is 1. The summed E-state index contributed by atoms with van der Waals surface area (Å²) in [6.45, 7) is 2.67. The smallest absolute Gasteiger partial charge is 0.181 e. The van der Waals surface area contributed by atoms with Crippen molar-refractivity contribution in [3.63, 3.8) is 0 Å². The first-order valence-corrected chi connectivity index (χ1v) is 10.8. The molecule has 1 N–H and O–H groups in total. The topological polar surface area (TPSA) is 85.2 Å². The van der Waals surface area contributed by atoms with Crippen molar-refractivity contribution in [2.75, 3.05) is 0 Å². The van der Waals surface area contributed by atoms with Crippen molar-refractivity contribution in [2.45, 2.75) is 19.9 Å². The average molecular weight is 434 g/mol. The lowest BCUT2D eigenvalue weighted by Gasteiger charge is -2.09. The van der Waals surface area contributed by atoms with Gasteiger partial charge >= 0.3 is 0 Å². The summed E-state index contributed by atoms with van der Waals surface area (Å²) < 4.78 is 1.99. The van der Waals surface area contributed by atoms with Crippen LogP contribution in [0.3, 0.4) is 0 Å². The third-order valence-electron chi connectivity index (χ3n) is 5.44. The molecule has 0 unspecified atom stereocenters. The number of nitrogens with zero attached hydrogens (tertiary/aromatic N) is 6. The standard InChI is InChI=1S/C26H23N7/c1-2-3-13-24-27-25(21-9-5-4-6-10-21)30-33(24)18-19-14-16-20(17-15-19)22-11-7-8-12-23(22)26-28-31-32-29-26/h2-12,14-17H,13,18H2,1H3,(H,28,29,31,32). The summed E-state index contributed by atoms with van der Waals surface area (Å²) in [5, 5.41) is 19.1. The van der Waals surface area contributed by atoms with Gasteiger partial charge in [-0.3, -0.25) is 0 Å². The number of rotatable bonds is 7. The fourth-order valence-electron chi connectivity index (χ4n) is 3.76. The molecule has 7 heteroatoms. The Bertz CT molecular complexity index is 1350. The van der Waals surface area contributed by atoms with Gasteiger partial charge in [0.05, 0.1) is 6.54 Å². The van der Waals surface area contributed by atoms with Crippen LogP contribution in [-0.2, 0) is 13.0 Å². The van der Waals surface area contributed by atoms with Crippen LogP contribution in [0.4, 0.5) is 0 Å². The number of aromatic amines is 1. The van der Waals surface area contributed by atoms with Crippen LogP contribution in [0.2, 0.25) is 0 Å². The number of hydrogen-bond donors (Lipinski definition) is 1. The van der Waals surface area contributed by atoms with Crippen molar-refractivity contribution in [2.24, 2.45) is 0 Å². The molecule has 0 radical (unpaired) electrons. The predicted molar refractivity (Wildman–Crippen MR) is 128 cm³/mol. The van der Waals surface area contributed by atoms with Crippen molar-refractivity contribution in [3.8, 4) is 33.9 Å². The first-order valence-electron chi connectivity index (χ1n) is 10.8.